The molecule has 21 heavy (non-hydrogen) atoms. The lowest BCUT2D eigenvalue weighted by Crippen LogP contribution is -2.46. The van der Waals surface area contributed by atoms with Crippen LogP contribution in [0.5, 0.6) is 0 Å². The zero-order valence-corrected chi connectivity index (χ0v) is 14.7. The molecule has 2 N–H and O–H groups in total. The molecule has 0 heterocycles. The first-order valence-electron chi connectivity index (χ1n) is 8.34. The van der Waals surface area contributed by atoms with E-state index in [1.54, 1.807) is 0 Å². The molecule has 4 nitrogen and oxygen atoms in total. The Kier molecular flexibility index (Phi) is 6.51. The van der Waals surface area contributed by atoms with E-state index in [-0.39, 0.29) is 6.09 Å². The average Bonchev–Trinajstić information content (AvgIpc) is 2.64. The van der Waals surface area contributed by atoms with E-state index in [0.29, 0.717) is 24.0 Å². The van der Waals surface area contributed by atoms with Gasteiger partial charge in [0.05, 0.1) is 0 Å². The Labute approximate surface area is 130 Å². The van der Waals surface area contributed by atoms with Gasteiger partial charge in [-0.1, -0.05) is 27.2 Å². The van der Waals surface area contributed by atoms with Crippen LogP contribution in [0.2, 0.25) is 0 Å². The number of carbonyl (C=O) groups is 1. The van der Waals surface area contributed by atoms with Gasteiger partial charge in [-0.05, 0) is 51.9 Å². The van der Waals surface area contributed by atoms with Gasteiger partial charge in [0.2, 0.25) is 0 Å². The van der Waals surface area contributed by atoms with Gasteiger partial charge >= 0.3 is 6.09 Å². The molecule has 0 bridgehead atoms. The Morgan fingerprint density at radius 2 is 2.05 bits per heavy atom. The summed E-state index contributed by atoms with van der Waals surface area (Å²) in [7, 11) is 0. The van der Waals surface area contributed by atoms with Gasteiger partial charge in [0.25, 0.3) is 0 Å². The number of alkyl carbamates (subject to hydrolysis) is 1. The molecule has 0 aliphatic heterocycles. The fourth-order valence-electron chi connectivity index (χ4n) is 3.03. The molecule has 2 unspecified atom stereocenters. The minimum Gasteiger partial charge on any atom is -0.444 e. The molecule has 4 heteroatoms. The van der Waals surface area contributed by atoms with Crippen molar-refractivity contribution in [2.75, 3.05) is 6.54 Å². The van der Waals surface area contributed by atoms with E-state index < -0.39 is 5.60 Å². The maximum Gasteiger partial charge on any atom is 0.407 e. The Bertz CT molecular complexity index is 334. The molecule has 1 aliphatic carbocycles. The minimum absolute atomic E-state index is 0.322. The molecule has 1 rings (SSSR count). The first kappa shape index (κ1) is 18.3. The van der Waals surface area contributed by atoms with Gasteiger partial charge in [-0.2, -0.15) is 0 Å². The first-order chi connectivity index (χ1) is 9.61. The summed E-state index contributed by atoms with van der Waals surface area (Å²) in [5.41, 5.74) is 0.0142. The van der Waals surface area contributed by atoms with E-state index >= 15 is 0 Å². The number of hydrogen-bond donors (Lipinski definition) is 2. The quantitative estimate of drug-likeness (QED) is 0.783. The molecular formula is C17H34N2O2. The minimum atomic E-state index is -0.437. The third-order valence-electron chi connectivity index (χ3n) is 3.97. The van der Waals surface area contributed by atoms with Crippen LogP contribution in [0, 0.1) is 5.41 Å². The van der Waals surface area contributed by atoms with Crippen molar-refractivity contribution in [2.24, 2.45) is 5.41 Å². The molecular weight excluding hydrogens is 264 g/mol. The predicted octanol–water partition coefficient (Wildman–Crippen LogP) is 3.85. The molecule has 0 aromatic heterocycles. The number of carbonyl (C=O) groups excluding carboxylic acids is 1. The van der Waals surface area contributed by atoms with Crippen molar-refractivity contribution in [2.45, 2.75) is 91.3 Å². The van der Waals surface area contributed by atoms with Crippen molar-refractivity contribution in [3.05, 3.63) is 0 Å². The summed E-state index contributed by atoms with van der Waals surface area (Å²) in [6, 6.07) is 0.915. The SMILES string of the molecule is CCCC(CNC(=O)OC(C)(C)C)NC1CCC(C)(C)C1. The lowest BCUT2D eigenvalue weighted by atomic mass is 9.91. The third kappa shape index (κ3) is 7.70. The summed E-state index contributed by atoms with van der Waals surface area (Å²) in [6.45, 7) is 13.1. The smallest absolute Gasteiger partial charge is 0.407 e. The van der Waals surface area contributed by atoms with E-state index in [1.165, 1.54) is 19.3 Å². The molecule has 0 aromatic rings. The van der Waals surface area contributed by atoms with E-state index in [0.717, 1.165) is 12.8 Å². The van der Waals surface area contributed by atoms with Crippen molar-refractivity contribution >= 4 is 6.09 Å². The molecule has 2 atom stereocenters. The highest BCUT2D eigenvalue weighted by Crippen LogP contribution is 2.37. The van der Waals surface area contributed by atoms with Crippen molar-refractivity contribution in [1.29, 1.82) is 0 Å². The Morgan fingerprint density at radius 3 is 2.52 bits per heavy atom. The zero-order valence-electron chi connectivity index (χ0n) is 14.7. The molecule has 1 saturated carbocycles. The van der Waals surface area contributed by atoms with Crippen molar-refractivity contribution in [3.63, 3.8) is 0 Å². The predicted molar refractivity (Wildman–Crippen MR) is 87.5 cm³/mol. The molecule has 1 fully saturated rings. The normalized spacial score (nSPS) is 22.9. The second kappa shape index (κ2) is 7.48. The van der Waals surface area contributed by atoms with Crippen LogP contribution >= 0.6 is 0 Å². The van der Waals surface area contributed by atoms with Crippen molar-refractivity contribution in [3.8, 4) is 0 Å². The van der Waals surface area contributed by atoms with Gasteiger partial charge in [0, 0.05) is 18.6 Å². The highest BCUT2D eigenvalue weighted by atomic mass is 16.6. The molecule has 0 radical (unpaired) electrons. The van der Waals surface area contributed by atoms with Crippen molar-refractivity contribution < 1.29 is 9.53 Å². The van der Waals surface area contributed by atoms with Gasteiger partial charge in [0.15, 0.2) is 0 Å². The monoisotopic (exact) mass is 298 g/mol. The lowest BCUT2D eigenvalue weighted by molar-refractivity contribution is 0.0520. The molecule has 1 aliphatic rings. The highest BCUT2D eigenvalue weighted by Gasteiger charge is 2.31. The zero-order chi connectivity index (χ0) is 16.1. The third-order valence-corrected chi connectivity index (χ3v) is 3.97. The number of ether oxygens (including phenoxy) is 1. The van der Waals surface area contributed by atoms with Crippen LogP contribution in [0.15, 0.2) is 0 Å². The van der Waals surface area contributed by atoms with Gasteiger partial charge in [0.1, 0.15) is 5.60 Å². The number of amides is 1. The molecule has 124 valence electrons. The van der Waals surface area contributed by atoms with Gasteiger partial charge in [-0.3, -0.25) is 0 Å². The summed E-state index contributed by atoms with van der Waals surface area (Å²) in [5.74, 6) is 0. The Balaban J connectivity index is 2.38. The topological polar surface area (TPSA) is 50.4 Å². The summed E-state index contributed by atoms with van der Waals surface area (Å²) in [6.07, 6.45) is 5.61. The fraction of sp³-hybridized carbons (Fsp3) is 0.941. The van der Waals surface area contributed by atoms with Crippen molar-refractivity contribution in [1.82, 2.24) is 10.6 Å². The molecule has 0 aromatic carbocycles. The van der Waals surface area contributed by atoms with Crippen LogP contribution < -0.4 is 10.6 Å². The summed E-state index contributed by atoms with van der Waals surface area (Å²) in [4.78, 5) is 11.7. The second-order valence-electron chi connectivity index (χ2n) is 8.14. The first-order valence-corrected chi connectivity index (χ1v) is 8.34. The Morgan fingerprint density at radius 1 is 1.38 bits per heavy atom. The number of nitrogens with one attached hydrogen (secondary N) is 2. The van der Waals surface area contributed by atoms with Gasteiger partial charge in [-0.25, -0.2) is 4.79 Å². The summed E-state index contributed by atoms with van der Waals surface area (Å²) < 4.78 is 5.29. The number of hydrogen-bond acceptors (Lipinski definition) is 3. The average molecular weight is 298 g/mol. The Hall–Kier alpha value is -0.770. The summed E-state index contributed by atoms with van der Waals surface area (Å²) >= 11 is 0. The number of rotatable bonds is 6. The molecule has 0 saturated heterocycles. The highest BCUT2D eigenvalue weighted by molar-refractivity contribution is 5.67. The van der Waals surface area contributed by atoms with Crippen LogP contribution in [-0.4, -0.2) is 30.3 Å². The van der Waals surface area contributed by atoms with Crippen LogP contribution in [0.1, 0.15) is 73.6 Å². The standard InChI is InChI=1S/C17H34N2O2/c1-7-8-14(12-18-15(20)21-16(2,3)4)19-13-9-10-17(5,6)11-13/h13-14,19H,7-12H2,1-6H3,(H,18,20). The molecule has 0 spiro atoms. The van der Waals surface area contributed by atoms with Gasteiger partial charge in [-0.15, -0.1) is 0 Å². The van der Waals surface area contributed by atoms with Crippen LogP contribution in [0.4, 0.5) is 4.79 Å². The molecule has 1 amide bonds. The van der Waals surface area contributed by atoms with E-state index in [4.69, 9.17) is 4.74 Å². The maximum atomic E-state index is 11.7. The van der Waals surface area contributed by atoms with Crippen LogP contribution in [0.25, 0.3) is 0 Å². The van der Waals surface area contributed by atoms with E-state index in [9.17, 15) is 4.79 Å². The lowest BCUT2D eigenvalue weighted by Gasteiger charge is -2.25. The van der Waals surface area contributed by atoms with Crippen LogP contribution in [-0.2, 0) is 4.74 Å². The van der Waals surface area contributed by atoms with Crippen LogP contribution in [0.3, 0.4) is 0 Å². The van der Waals surface area contributed by atoms with E-state index in [1.807, 2.05) is 20.8 Å². The summed E-state index contributed by atoms with van der Waals surface area (Å²) in [5, 5.41) is 6.62. The fourth-order valence-corrected chi connectivity index (χ4v) is 3.03. The largest absolute Gasteiger partial charge is 0.444 e. The van der Waals surface area contributed by atoms with Gasteiger partial charge < -0.3 is 15.4 Å². The maximum absolute atomic E-state index is 11.7. The second-order valence-corrected chi connectivity index (χ2v) is 8.14. The van der Waals surface area contributed by atoms with E-state index in [2.05, 4.69) is 31.4 Å².